The normalized spacial score (nSPS) is 10.2. The minimum atomic E-state index is -0.660. The van der Waals surface area contributed by atoms with E-state index in [4.69, 9.17) is 5.73 Å². The first-order valence-electron chi connectivity index (χ1n) is 11.5. The van der Waals surface area contributed by atoms with E-state index in [1.165, 1.54) is 30.3 Å². The molecular formula is C27H28F2N6O. The zero-order valence-corrected chi connectivity index (χ0v) is 20.3. The molecule has 0 bridgehead atoms. The zero-order valence-electron chi connectivity index (χ0n) is 20.3. The van der Waals surface area contributed by atoms with Crippen LogP contribution < -0.4 is 16.4 Å². The highest BCUT2D eigenvalue weighted by molar-refractivity contribution is 6.00. The molecule has 0 radical (unpaired) electrons. The monoisotopic (exact) mass is 490 g/mol. The number of nitrogens with zero attached hydrogens (tertiary/aromatic N) is 3. The number of nitrogens with one attached hydrogen (secondary N) is 2. The second-order valence-electron chi connectivity index (χ2n) is 7.46. The van der Waals surface area contributed by atoms with Crippen LogP contribution in [-0.2, 0) is 6.54 Å². The molecule has 2 aromatic carbocycles. The lowest BCUT2D eigenvalue weighted by Gasteiger charge is -2.11. The van der Waals surface area contributed by atoms with Gasteiger partial charge in [-0.2, -0.15) is 5.10 Å². The molecule has 0 saturated heterocycles. The third-order valence-corrected chi connectivity index (χ3v) is 5.09. The SMILES string of the molecule is C=C(N)c1cc(-c2nn(CC)cc2-c2cccc(NC(=O)Nc3ccc(F)cc3)c2F)ccn1.CC. The molecule has 2 aromatic heterocycles. The molecule has 0 fully saturated rings. The summed E-state index contributed by atoms with van der Waals surface area (Å²) in [5.41, 5.74) is 9.00. The summed E-state index contributed by atoms with van der Waals surface area (Å²) in [6, 6.07) is 12.8. The maximum Gasteiger partial charge on any atom is 0.323 e. The van der Waals surface area contributed by atoms with Crippen molar-refractivity contribution in [2.45, 2.75) is 27.3 Å². The Morgan fingerprint density at radius 2 is 1.78 bits per heavy atom. The van der Waals surface area contributed by atoms with Gasteiger partial charge >= 0.3 is 6.03 Å². The van der Waals surface area contributed by atoms with Crippen molar-refractivity contribution >= 4 is 23.1 Å². The van der Waals surface area contributed by atoms with Crippen LogP contribution in [0.1, 0.15) is 26.5 Å². The van der Waals surface area contributed by atoms with Gasteiger partial charge in [0.05, 0.1) is 17.1 Å². The fourth-order valence-corrected chi connectivity index (χ4v) is 3.40. The summed E-state index contributed by atoms with van der Waals surface area (Å²) in [7, 11) is 0. The average molecular weight is 491 g/mol. The minimum Gasteiger partial charge on any atom is -0.397 e. The summed E-state index contributed by atoms with van der Waals surface area (Å²) in [6.45, 7) is 10.2. The number of hydrogen-bond acceptors (Lipinski definition) is 4. The number of benzene rings is 2. The van der Waals surface area contributed by atoms with Crippen LogP contribution in [0.3, 0.4) is 0 Å². The smallest absolute Gasteiger partial charge is 0.323 e. The maximum atomic E-state index is 15.6. The lowest BCUT2D eigenvalue weighted by atomic mass is 10.0. The number of halogens is 2. The fourth-order valence-electron chi connectivity index (χ4n) is 3.40. The van der Waals surface area contributed by atoms with Gasteiger partial charge in [0.15, 0.2) is 5.82 Å². The van der Waals surface area contributed by atoms with Crippen molar-refractivity contribution in [1.82, 2.24) is 14.8 Å². The van der Waals surface area contributed by atoms with Crippen LogP contribution in [-0.4, -0.2) is 20.8 Å². The van der Waals surface area contributed by atoms with E-state index in [-0.39, 0.29) is 11.3 Å². The van der Waals surface area contributed by atoms with E-state index in [1.54, 1.807) is 41.3 Å². The van der Waals surface area contributed by atoms with Gasteiger partial charge < -0.3 is 16.4 Å². The lowest BCUT2D eigenvalue weighted by Crippen LogP contribution is -2.20. The number of hydrogen-bond donors (Lipinski definition) is 3. The first-order chi connectivity index (χ1) is 17.4. The van der Waals surface area contributed by atoms with Crippen molar-refractivity contribution in [1.29, 1.82) is 0 Å². The van der Waals surface area contributed by atoms with Crippen LogP contribution in [0, 0.1) is 11.6 Å². The Labute approximate surface area is 208 Å². The van der Waals surface area contributed by atoms with Crippen LogP contribution in [0.2, 0.25) is 0 Å². The van der Waals surface area contributed by atoms with Gasteiger partial charge in [0.25, 0.3) is 0 Å². The third-order valence-electron chi connectivity index (χ3n) is 5.09. The molecule has 0 atom stereocenters. The Kier molecular flexibility index (Phi) is 8.51. The predicted molar refractivity (Wildman–Crippen MR) is 140 cm³/mol. The molecule has 36 heavy (non-hydrogen) atoms. The van der Waals surface area contributed by atoms with Gasteiger partial charge in [-0.1, -0.05) is 32.6 Å². The number of nitrogens with two attached hydrogens (primary N) is 1. The van der Waals surface area contributed by atoms with Gasteiger partial charge in [-0.3, -0.25) is 9.67 Å². The number of carbonyl (C=O) groups is 1. The Morgan fingerprint density at radius 1 is 1.06 bits per heavy atom. The van der Waals surface area contributed by atoms with E-state index in [9.17, 15) is 9.18 Å². The van der Waals surface area contributed by atoms with Crippen LogP contribution in [0.5, 0.6) is 0 Å². The molecule has 4 N–H and O–H groups in total. The van der Waals surface area contributed by atoms with Crippen LogP contribution in [0.4, 0.5) is 25.0 Å². The summed E-state index contributed by atoms with van der Waals surface area (Å²) in [5, 5.41) is 9.64. The highest BCUT2D eigenvalue weighted by atomic mass is 19.1. The highest BCUT2D eigenvalue weighted by Crippen LogP contribution is 2.35. The maximum absolute atomic E-state index is 15.6. The molecular weight excluding hydrogens is 462 g/mol. The van der Waals surface area contributed by atoms with Gasteiger partial charge in [0.1, 0.15) is 11.5 Å². The summed E-state index contributed by atoms with van der Waals surface area (Å²) < 4.78 is 30.3. The first kappa shape index (κ1) is 26.1. The zero-order chi connectivity index (χ0) is 26.2. The predicted octanol–water partition coefficient (Wildman–Crippen LogP) is 6.51. The van der Waals surface area contributed by atoms with Gasteiger partial charge in [-0.05, 0) is 49.4 Å². The Morgan fingerprint density at radius 3 is 2.44 bits per heavy atom. The molecule has 0 unspecified atom stereocenters. The molecule has 0 aliphatic heterocycles. The first-order valence-corrected chi connectivity index (χ1v) is 11.5. The van der Waals surface area contributed by atoms with Crippen molar-refractivity contribution < 1.29 is 13.6 Å². The summed E-state index contributed by atoms with van der Waals surface area (Å²) in [6.07, 6.45) is 3.33. The molecule has 0 spiro atoms. The third kappa shape index (κ3) is 5.93. The quantitative estimate of drug-likeness (QED) is 0.287. The average Bonchev–Trinajstić information content (AvgIpc) is 3.32. The molecule has 0 aliphatic rings. The molecule has 0 saturated carbocycles. The van der Waals surface area contributed by atoms with Gasteiger partial charge in [-0.15, -0.1) is 0 Å². The van der Waals surface area contributed by atoms with Crippen molar-refractivity contribution in [2.75, 3.05) is 10.6 Å². The molecule has 4 rings (SSSR count). The van der Waals surface area contributed by atoms with E-state index < -0.39 is 17.7 Å². The second-order valence-corrected chi connectivity index (χ2v) is 7.46. The van der Waals surface area contributed by atoms with Crippen molar-refractivity contribution in [3.05, 3.63) is 90.9 Å². The molecule has 2 heterocycles. The van der Waals surface area contributed by atoms with E-state index in [0.29, 0.717) is 40.4 Å². The second kappa shape index (κ2) is 11.7. The van der Waals surface area contributed by atoms with Crippen molar-refractivity contribution in [3.8, 4) is 22.4 Å². The Balaban J connectivity index is 0.00000176. The molecule has 186 valence electrons. The van der Waals surface area contributed by atoms with E-state index in [1.807, 2.05) is 20.8 Å². The fraction of sp³-hybridized carbons (Fsp3) is 0.148. The highest BCUT2D eigenvalue weighted by Gasteiger charge is 2.19. The minimum absolute atomic E-state index is 0.0157. The number of carbonyl (C=O) groups excluding carboxylic acids is 1. The summed E-state index contributed by atoms with van der Waals surface area (Å²) >= 11 is 0. The van der Waals surface area contributed by atoms with Crippen LogP contribution in [0.25, 0.3) is 28.1 Å². The number of anilines is 2. The molecule has 7 nitrogen and oxygen atoms in total. The van der Waals surface area contributed by atoms with E-state index in [2.05, 4.69) is 27.3 Å². The van der Waals surface area contributed by atoms with Gasteiger partial charge in [0.2, 0.25) is 0 Å². The largest absolute Gasteiger partial charge is 0.397 e. The Hall–Kier alpha value is -4.53. The van der Waals surface area contributed by atoms with E-state index >= 15 is 4.39 Å². The number of pyridine rings is 1. The van der Waals surface area contributed by atoms with Crippen LogP contribution in [0.15, 0.2) is 73.6 Å². The topological polar surface area (TPSA) is 97.9 Å². The number of amides is 2. The standard InChI is InChI=1S/C25H22F2N6O.C2H6/c1-3-33-14-20(24(32-33)16-11-12-29-22(13-16)15(2)28)19-5-4-6-21(23(19)27)31-25(34)30-18-9-7-17(26)8-10-18;1-2/h4-14H,2-3,28H2,1H3,(H2,30,31,34);1-2H3. The summed E-state index contributed by atoms with van der Waals surface area (Å²) in [5.74, 6) is -1.04. The van der Waals surface area contributed by atoms with Crippen molar-refractivity contribution in [2.24, 2.45) is 5.73 Å². The van der Waals surface area contributed by atoms with E-state index in [0.717, 1.165) is 0 Å². The molecule has 0 aliphatic carbocycles. The molecule has 2 amide bonds. The summed E-state index contributed by atoms with van der Waals surface area (Å²) in [4.78, 5) is 16.6. The Bertz CT molecular complexity index is 1370. The van der Waals surface area contributed by atoms with Crippen molar-refractivity contribution in [3.63, 3.8) is 0 Å². The molecule has 9 heteroatoms. The molecule has 4 aromatic rings. The lowest BCUT2D eigenvalue weighted by molar-refractivity contribution is 0.262. The number of aromatic nitrogens is 3. The van der Waals surface area contributed by atoms with Gasteiger partial charge in [-0.25, -0.2) is 13.6 Å². The number of urea groups is 1. The number of aryl methyl sites for hydroxylation is 1. The van der Waals surface area contributed by atoms with Gasteiger partial charge in [0, 0.05) is 41.3 Å². The van der Waals surface area contributed by atoms with Crippen LogP contribution >= 0.6 is 0 Å². The number of rotatable bonds is 6.